The van der Waals surface area contributed by atoms with E-state index in [0.29, 0.717) is 32.5 Å². The molecule has 0 saturated carbocycles. The highest BCUT2D eigenvalue weighted by molar-refractivity contribution is 5.89. The quantitative estimate of drug-likeness (QED) is 0.165. The standard InChI is InChI=1S/C39H64N6O8/c1-11-26(4)35(43(8)39(49)34(25(2)3)40-37(47)29-18-20-41(6)24-29)32(52-9)23-33(46)44-19-13-16-31(44)36(53-10)27(5)38(48)42(7)21-17-28-14-12-15-30(22-28)45(50)51/h12,14-15,22,25-27,29,31-32,34-36H,11,13,16-21,23-24H2,1-10H3,(H,40,47)/t26-,27+,29+,31-,32+,34-,35-,36+/m0/s1. The van der Waals surface area contributed by atoms with Gasteiger partial charge < -0.3 is 34.4 Å². The summed E-state index contributed by atoms with van der Waals surface area (Å²) in [5, 5.41) is 14.2. The lowest BCUT2D eigenvalue weighted by atomic mass is 9.89. The molecule has 8 atom stereocenters. The summed E-state index contributed by atoms with van der Waals surface area (Å²) in [5.74, 6) is -1.46. The van der Waals surface area contributed by atoms with Crippen molar-refractivity contribution in [3.05, 3.63) is 39.9 Å². The molecule has 0 spiro atoms. The largest absolute Gasteiger partial charge is 0.379 e. The van der Waals surface area contributed by atoms with Crippen LogP contribution in [0, 0.1) is 33.8 Å². The summed E-state index contributed by atoms with van der Waals surface area (Å²) in [6, 6.07) is 4.92. The number of ether oxygens (including phenoxy) is 2. The summed E-state index contributed by atoms with van der Waals surface area (Å²) in [5.41, 5.74) is 0.774. The second-order valence-corrected chi connectivity index (χ2v) is 15.5. The van der Waals surface area contributed by atoms with Gasteiger partial charge in [0.1, 0.15) is 6.04 Å². The van der Waals surface area contributed by atoms with Crippen LogP contribution in [-0.2, 0) is 35.1 Å². The fraction of sp³-hybridized carbons (Fsp3) is 0.744. The second kappa shape index (κ2) is 20.2. The number of rotatable bonds is 19. The zero-order valence-corrected chi connectivity index (χ0v) is 33.6. The molecule has 0 aromatic heterocycles. The van der Waals surface area contributed by atoms with Gasteiger partial charge in [0.15, 0.2) is 0 Å². The van der Waals surface area contributed by atoms with Gasteiger partial charge in [-0.1, -0.05) is 53.2 Å². The van der Waals surface area contributed by atoms with Crippen LogP contribution in [0.15, 0.2) is 24.3 Å². The van der Waals surface area contributed by atoms with Gasteiger partial charge in [-0.25, -0.2) is 0 Å². The number of nitrogens with one attached hydrogen (secondary N) is 1. The zero-order valence-electron chi connectivity index (χ0n) is 33.6. The van der Waals surface area contributed by atoms with Crippen molar-refractivity contribution in [1.82, 2.24) is 24.9 Å². The molecule has 1 N–H and O–H groups in total. The van der Waals surface area contributed by atoms with Gasteiger partial charge in [-0.15, -0.1) is 0 Å². The molecule has 0 bridgehead atoms. The van der Waals surface area contributed by atoms with Crippen LogP contribution < -0.4 is 5.32 Å². The third-order valence-electron chi connectivity index (χ3n) is 11.5. The Hall–Kier alpha value is -3.62. The van der Waals surface area contributed by atoms with Crippen molar-refractivity contribution in [3.8, 4) is 0 Å². The normalized spacial score (nSPS) is 21.1. The molecule has 0 aliphatic carbocycles. The van der Waals surface area contributed by atoms with Crippen molar-refractivity contribution in [3.63, 3.8) is 0 Å². The monoisotopic (exact) mass is 744 g/mol. The summed E-state index contributed by atoms with van der Waals surface area (Å²) < 4.78 is 12.0. The molecule has 2 heterocycles. The summed E-state index contributed by atoms with van der Waals surface area (Å²) >= 11 is 0. The average Bonchev–Trinajstić information content (AvgIpc) is 3.81. The SMILES string of the molecule is CC[C@H](C)[C@@H]([C@@H](CC(=O)N1CCC[C@H]1[C@H](OC)[C@@H](C)C(=O)N(C)CCc1cccc([N+](=O)[O-])c1)OC)N(C)C(=O)[C@@H](NC(=O)[C@@H]1CCN(C)C1)C(C)C. The highest BCUT2D eigenvalue weighted by Gasteiger charge is 2.43. The third-order valence-corrected chi connectivity index (χ3v) is 11.5. The number of benzene rings is 1. The van der Waals surface area contributed by atoms with E-state index in [1.165, 1.54) is 12.1 Å². The fourth-order valence-electron chi connectivity index (χ4n) is 8.03. The molecule has 4 amide bonds. The lowest BCUT2D eigenvalue weighted by molar-refractivity contribution is -0.384. The van der Waals surface area contributed by atoms with Gasteiger partial charge in [0, 0.05) is 60.1 Å². The molecule has 2 aliphatic rings. The molecule has 0 unspecified atom stereocenters. The fourth-order valence-corrected chi connectivity index (χ4v) is 8.03. The minimum Gasteiger partial charge on any atom is -0.379 e. The number of methoxy groups -OCH3 is 2. The van der Waals surface area contributed by atoms with Gasteiger partial charge in [0.25, 0.3) is 5.69 Å². The number of likely N-dealkylation sites (tertiary alicyclic amines) is 2. The number of nitro benzene ring substituents is 1. The number of carbonyl (C=O) groups excluding carboxylic acids is 4. The second-order valence-electron chi connectivity index (χ2n) is 15.5. The van der Waals surface area contributed by atoms with Gasteiger partial charge in [-0.3, -0.25) is 29.3 Å². The Labute approximate surface area is 316 Å². The molecule has 14 nitrogen and oxygen atoms in total. The highest BCUT2D eigenvalue weighted by atomic mass is 16.6. The molecule has 2 aliphatic heterocycles. The lowest BCUT2D eigenvalue weighted by Crippen LogP contribution is -2.58. The molecular formula is C39H64N6O8. The van der Waals surface area contributed by atoms with E-state index in [9.17, 15) is 29.3 Å². The van der Waals surface area contributed by atoms with E-state index in [1.54, 1.807) is 55.1 Å². The Morgan fingerprint density at radius 1 is 1.04 bits per heavy atom. The smallest absolute Gasteiger partial charge is 0.269 e. The van der Waals surface area contributed by atoms with Gasteiger partial charge in [-0.05, 0) is 56.7 Å². The predicted molar refractivity (Wildman–Crippen MR) is 203 cm³/mol. The van der Waals surface area contributed by atoms with Crippen molar-refractivity contribution < 1.29 is 33.6 Å². The number of hydrogen-bond acceptors (Lipinski definition) is 9. The van der Waals surface area contributed by atoms with Crippen molar-refractivity contribution in [2.24, 2.45) is 23.7 Å². The molecule has 298 valence electrons. The summed E-state index contributed by atoms with van der Waals surface area (Å²) in [4.78, 5) is 73.1. The summed E-state index contributed by atoms with van der Waals surface area (Å²) in [6.45, 7) is 12.1. The Bertz CT molecular complexity index is 1410. The summed E-state index contributed by atoms with van der Waals surface area (Å²) in [7, 11) is 8.56. The maximum atomic E-state index is 14.2. The van der Waals surface area contributed by atoms with Gasteiger partial charge in [0.05, 0.1) is 47.5 Å². The van der Waals surface area contributed by atoms with Crippen molar-refractivity contribution >= 4 is 29.3 Å². The number of non-ortho nitro benzene ring substituents is 1. The molecular weight excluding hydrogens is 680 g/mol. The van der Waals surface area contributed by atoms with Crippen LogP contribution in [0.3, 0.4) is 0 Å². The molecule has 53 heavy (non-hydrogen) atoms. The van der Waals surface area contributed by atoms with E-state index in [4.69, 9.17) is 9.47 Å². The minimum absolute atomic E-state index is 0.00926. The Kier molecular flexibility index (Phi) is 16.7. The van der Waals surface area contributed by atoms with E-state index < -0.39 is 35.1 Å². The Balaban J connectivity index is 1.72. The molecule has 0 radical (unpaired) electrons. The number of carbonyl (C=O) groups is 4. The predicted octanol–water partition coefficient (Wildman–Crippen LogP) is 3.61. The molecule has 1 aromatic carbocycles. The van der Waals surface area contributed by atoms with Crippen LogP contribution in [0.5, 0.6) is 0 Å². The van der Waals surface area contributed by atoms with Crippen molar-refractivity contribution in [2.75, 3.05) is 61.5 Å². The van der Waals surface area contributed by atoms with Crippen LogP contribution in [0.2, 0.25) is 0 Å². The van der Waals surface area contributed by atoms with Crippen LogP contribution in [-0.4, -0.2) is 140 Å². The van der Waals surface area contributed by atoms with Crippen molar-refractivity contribution in [2.45, 2.75) is 103 Å². The zero-order chi connectivity index (χ0) is 39.6. The first kappa shape index (κ1) is 43.8. The molecule has 2 fully saturated rings. The highest BCUT2D eigenvalue weighted by Crippen LogP contribution is 2.30. The average molecular weight is 745 g/mol. The van der Waals surface area contributed by atoms with E-state index in [-0.39, 0.29) is 59.5 Å². The maximum absolute atomic E-state index is 14.2. The topological polar surface area (TPSA) is 155 Å². The number of nitrogens with zero attached hydrogens (tertiary/aromatic N) is 5. The molecule has 14 heteroatoms. The van der Waals surface area contributed by atoms with Crippen molar-refractivity contribution in [1.29, 1.82) is 0 Å². The first-order chi connectivity index (χ1) is 25.1. The Morgan fingerprint density at radius 3 is 2.30 bits per heavy atom. The first-order valence-electron chi connectivity index (χ1n) is 19.1. The van der Waals surface area contributed by atoms with Crippen LogP contribution in [0.1, 0.15) is 72.3 Å². The van der Waals surface area contributed by atoms with Crippen LogP contribution in [0.4, 0.5) is 5.69 Å². The van der Waals surface area contributed by atoms with Gasteiger partial charge in [0.2, 0.25) is 23.6 Å². The van der Waals surface area contributed by atoms with Crippen LogP contribution >= 0.6 is 0 Å². The molecule has 3 rings (SSSR count). The summed E-state index contributed by atoms with van der Waals surface area (Å²) in [6.07, 6.45) is 2.27. The van der Waals surface area contributed by atoms with Gasteiger partial charge in [-0.2, -0.15) is 0 Å². The number of nitro groups is 1. The van der Waals surface area contributed by atoms with E-state index in [0.717, 1.165) is 31.4 Å². The number of likely N-dealkylation sites (N-methyl/N-ethyl adjacent to an activating group) is 2. The number of amides is 4. The molecule has 1 aromatic rings. The lowest BCUT2D eigenvalue weighted by Gasteiger charge is -2.41. The van der Waals surface area contributed by atoms with E-state index in [1.807, 2.05) is 41.7 Å². The number of hydrogen-bond donors (Lipinski definition) is 1. The van der Waals surface area contributed by atoms with E-state index in [2.05, 4.69) is 10.2 Å². The molecule has 2 saturated heterocycles. The van der Waals surface area contributed by atoms with Gasteiger partial charge >= 0.3 is 0 Å². The van der Waals surface area contributed by atoms with E-state index >= 15 is 0 Å². The maximum Gasteiger partial charge on any atom is 0.269 e. The third kappa shape index (κ3) is 11.2. The first-order valence-corrected chi connectivity index (χ1v) is 19.1. The van der Waals surface area contributed by atoms with Crippen LogP contribution in [0.25, 0.3) is 0 Å². The Morgan fingerprint density at radius 2 is 1.74 bits per heavy atom. The minimum atomic E-state index is -0.716.